The molecule has 1 N–H and O–H groups in total. The van der Waals surface area contributed by atoms with Gasteiger partial charge < -0.3 is 14.8 Å². The molecule has 29 heavy (non-hydrogen) atoms. The third kappa shape index (κ3) is 3.33. The zero-order valence-corrected chi connectivity index (χ0v) is 16.6. The van der Waals surface area contributed by atoms with Gasteiger partial charge in [-0.3, -0.25) is 4.79 Å². The monoisotopic (exact) mass is 391 g/mol. The molecule has 8 heteroatoms. The van der Waals surface area contributed by atoms with E-state index in [9.17, 15) is 4.79 Å². The molecule has 3 aromatic rings. The molecule has 150 valence electrons. The molecule has 0 radical (unpaired) electrons. The number of aryl methyl sites for hydroxylation is 1. The summed E-state index contributed by atoms with van der Waals surface area (Å²) in [7, 11) is 0. The molecule has 0 atom stereocenters. The fourth-order valence-corrected chi connectivity index (χ4v) is 4.31. The number of rotatable bonds is 3. The first-order valence-corrected chi connectivity index (χ1v) is 10.2. The minimum atomic E-state index is 0.0654. The predicted octanol–water partition coefficient (Wildman–Crippen LogP) is 1.90. The van der Waals surface area contributed by atoms with Crippen LogP contribution in [0.25, 0.3) is 5.69 Å². The number of carbonyl (C=O) groups is 1. The molecule has 2 aliphatic rings. The number of piperidine rings is 1. The predicted molar refractivity (Wildman–Crippen MR) is 108 cm³/mol. The van der Waals surface area contributed by atoms with E-state index in [0.29, 0.717) is 11.5 Å². The Morgan fingerprint density at radius 3 is 2.69 bits per heavy atom. The molecule has 2 aliphatic heterocycles. The van der Waals surface area contributed by atoms with Crippen LogP contribution in [0.5, 0.6) is 0 Å². The van der Waals surface area contributed by atoms with Gasteiger partial charge in [-0.05, 0) is 31.9 Å². The van der Waals surface area contributed by atoms with Crippen LogP contribution >= 0.6 is 0 Å². The number of hydrogen-bond donors (Lipinski definition) is 1. The summed E-state index contributed by atoms with van der Waals surface area (Å²) in [6.07, 6.45) is 3.69. The van der Waals surface area contributed by atoms with Gasteiger partial charge in [-0.2, -0.15) is 5.10 Å². The lowest BCUT2D eigenvalue weighted by Crippen LogP contribution is -2.39. The molecule has 0 saturated carbocycles. The van der Waals surface area contributed by atoms with E-state index in [1.807, 2.05) is 48.4 Å². The van der Waals surface area contributed by atoms with Crippen LogP contribution in [0.15, 0.2) is 36.5 Å². The Balaban J connectivity index is 1.28. The van der Waals surface area contributed by atoms with Crippen molar-refractivity contribution in [3.8, 4) is 5.69 Å². The molecule has 1 fully saturated rings. The standard InChI is InChI=1S/C21H25N7O/c1-15-18(14-28(25-15)17-5-3-2-4-6-17)21(29)26-10-7-16(8-11-26)20-24-23-19-13-22-9-12-27(19)20/h2-6,14,16,22H,7-13H2,1H3. The molecule has 0 aliphatic carbocycles. The average molecular weight is 391 g/mol. The Labute approximate surface area is 169 Å². The summed E-state index contributed by atoms with van der Waals surface area (Å²) in [4.78, 5) is 15.1. The minimum Gasteiger partial charge on any atom is -0.338 e. The number of hydrogen-bond acceptors (Lipinski definition) is 5. The molecule has 1 aromatic carbocycles. The van der Waals surface area contributed by atoms with E-state index in [1.165, 1.54) is 0 Å². The second-order valence-corrected chi connectivity index (χ2v) is 7.78. The van der Waals surface area contributed by atoms with Gasteiger partial charge in [-0.25, -0.2) is 4.68 Å². The number of nitrogens with one attached hydrogen (secondary N) is 1. The summed E-state index contributed by atoms with van der Waals surface area (Å²) in [6, 6.07) is 9.89. The van der Waals surface area contributed by atoms with Gasteiger partial charge in [0.1, 0.15) is 11.6 Å². The summed E-state index contributed by atoms with van der Waals surface area (Å²) in [5.74, 6) is 2.54. The van der Waals surface area contributed by atoms with E-state index in [0.717, 1.165) is 68.6 Å². The van der Waals surface area contributed by atoms with E-state index in [1.54, 1.807) is 4.68 Å². The third-order valence-corrected chi connectivity index (χ3v) is 5.95. The Morgan fingerprint density at radius 1 is 1.10 bits per heavy atom. The van der Waals surface area contributed by atoms with Crippen molar-refractivity contribution in [2.24, 2.45) is 0 Å². The highest BCUT2D eigenvalue weighted by molar-refractivity contribution is 5.95. The Kier molecular flexibility index (Phi) is 4.63. The molecule has 0 unspecified atom stereocenters. The van der Waals surface area contributed by atoms with Crippen LogP contribution in [0.1, 0.15) is 46.5 Å². The fraction of sp³-hybridized carbons (Fsp3) is 0.429. The summed E-state index contributed by atoms with van der Waals surface area (Å²) in [5, 5.41) is 16.7. The van der Waals surface area contributed by atoms with Crippen LogP contribution in [0.2, 0.25) is 0 Å². The highest BCUT2D eigenvalue weighted by Crippen LogP contribution is 2.29. The number of nitrogens with zero attached hydrogens (tertiary/aromatic N) is 6. The summed E-state index contributed by atoms with van der Waals surface area (Å²) >= 11 is 0. The number of fused-ring (bicyclic) bond motifs is 1. The average Bonchev–Trinajstić information content (AvgIpc) is 3.38. The lowest BCUT2D eigenvalue weighted by molar-refractivity contribution is 0.0709. The van der Waals surface area contributed by atoms with E-state index in [2.05, 4.69) is 25.2 Å². The number of aromatic nitrogens is 5. The summed E-state index contributed by atoms with van der Waals surface area (Å²) in [5.41, 5.74) is 2.40. The van der Waals surface area contributed by atoms with Crippen LogP contribution in [0.3, 0.4) is 0 Å². The highest BCUT2D eigenvalue weighted by atomic mass is 16.2. The summed E-state index contributed by atoms with van der Waals surface area (Å²) < 4.78 is 4.04. The molecule has 0 spiro atoms. The molecule has 8 nitrogen and oxygen atoms in total. The molecule has 1 saturated heterocycles. The molecule has 4 heterocycles. The topological polar surface area (TPSA) is 80.9 Å². The molecule has 1 amide bonds. The molecule has 2 aromatic heterocycles. The quantitative estimate of drug-likeness (QED) is 0.738. The first-order valence-electron chi connectivity index (χ1n) is 10.2. The second-order valence-electron chi connectivity index (χ2n) is 7.78. The van der Waals surface area contributed by atoms with Gasteiger partial charge in [0.15, 0.2) is 0 Å². The van der Waals surface area contributed by atoms with Gasteiger partial charge >= 0.3 is 0 Å². The van der Waals surface area contributed by atoms with Crippen molar-refractivity contribution in [1.29, 1.82) is 0 Å². The van der Waals surface area contributed by atoms with Gasteiger partial charge in [0.25, 0.3) is 5.91 Å². The smallest absolute Gasteiger partial charge is 0.257 e. The van der Waals surface area contributed by atoms with Crippen molar-refractivity contribution in [3.63, 3.8) is 0 Å². The maximum absolute atomic E-state index is 13.1. The van der Waals surface area contributed by atoms with Crippen molar-refractivity contribution in [1.82, 2.24) is 34.8 Å². The SMILES string of the molecule is Cc1nn(-c2ccccc2)cc1C(=O)N1CCC(c2nnc3n2CCNC3)CC1. The maximum Gasteiger partial charge on any atom is 0.257 e. The normalized spacial score (nSPS) is 17.3. The van der Waals surface area contributed by atoms with Crippen molar-refractivity contribution in [2.75, 3.05) is 19.6 Å². The van der Waals surface area contributed by atoms with Gasteiger partial charge in [0.2, 0.25) is 0 Å². The van der Waals surface area contributed by atoms with Gasteiger partial charge in [0, 0.05) is 38.3 Å². The lowest BCUT2D eigenvalue weighted by Gasteiger charge is -2.32. The van der Waals surface area contributed by atoms with Gasteiger partial charge in [-0.15, -0.1) is 10.2 Å². The lowest BCUT2D eigenvalue weighted by atomic mass is 9.95. The van der Waals surface area contributed by atoms with Crippen molar-refractivity contribution < 1.29 is 4.79 Å². The van der Waals surface area contributed by atoms with Crippen LogP contribution in [0.4, 0.5) is 0 Å². The van der Waals surface area contributed by atoms with E-state index in [4.69, 9.17) is 0 Å². The van der Waals surface area contributed by atoms with Crippen molar-refractivity contribution >= 4 is 5.91 Å². The zero-order chi connectivity index (χ0) is 19.8. The summed E-state index contributed by atoms with van der Waals surface area (Å²) in [6.45, 7) is 6.04. The Bertz CT molecular complexity index is 1020. The van der Waals surface area contributed by atoms with Gasteiger partial charge in [-0.1, -0.05) is 18.2 Å². The van der Waals surface area contributed by atoms with Crippen molar-refractivity contribution in [3.05, 3.63) is 59.4 Å². The van der Waals surface area contributed by atoms with Crippen LogP contribution in [-0.2, 0) is 13.1 Å². The largest absolute Gasteiger partial charge is 0.338 e. The minimum absolute atomic E-state index is 0.0654. The van der Waals surface area contributed by atoms with E-state index < -0.39 is 0 Å². The molecular formula is C21H25N7O. The Morgan fingerprint density at radius 2 is 1.90 bits per heavy atom. The first kappa shape index (κ1) is 18.1. The van der Waals surface area contributed by atoms with E-state index in [-0.39, 0.29) is 5.91 Å². The number of para-hydroxylation sites is 1. The number of benzene rings is 1. The molecular weight excluding hydrogens is 366 g/mol. The Hall–Kier alpha value is -3.00. The number of likely N-dealkylation sites (tertiary alicyclic amines) is 1. The van der Waals surface area contributed by atoms with Crippen LogP contribution < -0.4 is 5.32 Å². The second kappa shape index (κ2) is 7.44. The third-order valence-electron chi connectivity index (χ3n) is 5.95. The van der Waals surface area contributed by atoms with Crippen LogP contribution in [0, 0.1) is 6.92 Å². The van der Waals surface area contributed by atoms with E-state index >= 15 is 0 Å². The number of amides is 1. The van der Waals surface area contributed by atoms with Crippen molar-refractivity contribution in [2.45, 2.75) is 38.8 Å². The highest BCUT2D eigenvalue weighted by Gasteiger charge is 2.30. The zero-order valence-electron chi connectivity index (χ0n) is 16.6. The number of carbonyl (C=O) groups excluding carboxylic acids is 1. The molecule has 0 bridgehead atoms. The molecule has 5 rings (SSSR count). The fourth-order valence-electron chi connectivity index (χ4n) is 4.31. The first-order chi connectivity index (χ1) is 14.2. The maximum atomic E-state index is 13.1. The van der Waals surface area contributed by atoms with Gasteiger partial charge in [0.05, 0.1) is 23.5 Å². The van der Waals surface area contributed by atoms with Crippen LogP contribution in [-0.4, -0.2) is 55.0 Å².